The highest BCUT2D eigenvalue weighted by Crippen LogP contribution is 2.29. The van der Waals surface area contributed by atoms with E-state index in [-0.39, 0.29) is 30.2 Å². The van der Waals surface area contributed by atoms with Crippen molar-refractivity contribution >= 4 is 57.6 Å². The standard InChI is InChI=1S/C26H20N2O2.C17H13N3O.C7H5NO/c27-17-20-7-4-8-21(12-20)26-16-24(30)15-22-11-19(9-10-25(22)28-26)14-23(29)13-18-5-2-1-3-6-18;18-10-11-2-1-3-12(6-11)17-9-15(21)8-13-7-14(19)4-5-16(13)20-17;9-6-8-7-4-2-1-3-5-7/h1-12H,13-16H2;1-7H,8-9,19H2;1-5H. The molecule has 60 heavy (non-hydrogen) atoms. The highest BCUT2D eigenvalue weighted by atomic mass is 16.1. The van der Waals surface area contributed by atoms with Crippen molar-refractivity contribution in [1.82, 2.24) is 0 Å². The van der Waals surface area contributed by atoms with Crippen LogP contribution in [0.2, 0.25) is 0 Å². The molecule has 0 fully saturated rings. The minimum Gasteiger partial charge on any atom is -0.399 e. The molecular formula is C50H38N6O4. The summed E-state index contributed by atoms with van der Waals surface area (Å²) in [5.41, 5.74) is 16.2. The minimum absolute atomic E-state index is 0.0719. The second-order valence-corrected chi connectivity index (χ2v) is 14.1. The van der Waals surface area contributed by atoms with E-state index in [4.69, 9.17) is 21.2 Å². The zero-order valence-electron chi connectivity index (χ0n) is 32.5. The van der Waals surface area contributed by atoms with Gasteiger partial charge in [-0.3, -0.25) is 24.4 Å². The number of fused-ring (bicyclic) bond motifs is 2. The highest BCUT2D eigenvalue weighted by molar-refractivity contribution is 6.14. The van der Waals surface area contributed by atoms with Crippen molar-refractivity contribution in [3.05, 3.63) is 190 Å². The molecule has 10 nitrogen and oxygen atoms in total. The zero-order chi connectivity index (χ0) is 42.3. The minimum atomic E-state index is 0.0719. The molecule has 0 unspecified atom stereocenters. The number of nitriles is 2. The molecule has 8 rings (SSSR count). The van der Waals surface area contributed by atoms with Crippen LogP contribution in [-0.4, -0.2) is 34.9 Å². The molecule has 6 aromatic carbocycles. The summed E-state index contributed by atoms with van der Waals surface area (Å²) in [5.74, 6) is 0.307. The van der Waals surface area contributed by atoms with E-state index in [9.17, 15) is 19.2 Å². The quantitative estimate of drug-likeness (QED) is 0.0953. The lowest BCUT2D eigenvalue weighted by Gasteiger charge is -2.07. The maximum Gasteiger partial charge on any atom is 0.240 e. The van der Waals surface area contributed by atoms with Crippen molar-refractivity contribution < 1.29 is 19.2 Å². The van der Waals surface area contributed by atoms with E-state index < -0.39 is 0 Å². The third-order valence-electron chi connectivity index (χ3n) is 9.49. The van der Waals surface area contributed by atoms with E-state index in [1.807, 2.05) is 84.9 Å². The van der Waals surface area contributed by atoms with Gasteiger partial charge in [0.05, 0.1) is 51.8 Å². The maximum atomic E-state index is 12.5. The number of nitrogens with two attached hydrogens (primary N) is 1. The van der Waals surface area contributed by atoms with Gasteiger partial charge in [-0.1, -0.05) is 84.9 Å². The summed E-state index contributed by atoms with van der Waals surface area (Å²) >= 11 is 0. The first kappa shape index (κ1) is 41.5. The number of ketones is 3. The molecule has 2 N–H and O–H groups in total. The Labute approximate surface area is 347 Å². The average Bonchev–Trinajstić information content (AvgIpc) is 3.54. The summed E-state index contributed by atoms with van der Waals surface area (Å²) in [4.78, 5) is 59.5. The Kier molecular flexibility index (Phi) is 14.0. The fourth-order valence-electron chi connectivity index (χ4n) is 6.69. The molecule has 0 amide bonds. The Morgan fingerprint density at radius 3 is 1.65 bits per heavy atom. The van der Waals surface area contributed by atoms with Crippen LogP contribution in [0.4, 0.5) is 22.7 Å². The van der Waals surface area contributed by atoms with Gasteiger partial charge in [-0.25, -0.2) is 4.79 Å². The van der Waals surface area contributed by atoms with Crippen molar-refractivity contribution in [3.63, 3.8) is 0 Å². The molecule has 0 saturated carbocycles. The number of carbonyl (C=O) groups excluding carboxylic acids is 4. The number of hydrogen-bond donors (Lipinski definition) is 1. The predicted octanol–water partition coefficient (Wildman–Crippen LogP) is 8.98. The lowest BCUT2D eigenvalue weighted by Crippen LogP contribution is -2.09. The number of para-hydroxylation sites is 1. The van der Waals surface area contributed by atoms with E-state index >= 15 is 0 Å². The van der Waals surface area contributed by atoms with Crippen molar-refractivity contribution in [2.24, 2.45) is 15.0 Å². The molecule has 0 aliphatic carbocycles. The number of benzene rings is 6. The third kappa shape index (κ3) is 11.7. The van der Waals surface area contributed by atoms with Gasteiger partial charge in [0.1, 0.15) is 17.3 Å². The van der Waals surface area contributed by atoms with Gasteiger partial charge in [-0.2, -0.15) is 15.5 Å². The van der Waals surface area contributed by atoms with Gasteiger partial charge in [0.15, 0.2) is 0 Å². The van der Waals surface area contributed by atoms with Gasteiger partial charge in [0, 0.05) is 44.2 Å². The number of rotatable bonds is 7. The van der Waals surface area contributed by atoms with Crippen LogP contribution < -0.4 is 5.73 Å². The van der Waals surface area contributed by atoms with Crippen molar-refractivity contribution in [1.29, 1.82) is 10.5 Å². The lowest BCUT2D eigenvalue weighted by molar-refractivity contribution is -0.118. The van der Waals surface area contributed by atoms with E-state index in [1.165, 1.54) is 6.08 Å². The highest BCUT2D eigenvalue weighted by Gasteiger charge is 2.20. The Morgan fingerprint density at radius 1 is 0.583 bits per heavy atom. The number of aliphatic imine (C=N–C) groups is 3. The summed E-state index contributed by atoms with van der Waals surface area (Å²) in [5, 5.41) is 18.1. The zero-order valence-corrected chi connectivity index (χ0v) is 32.5. The SMILES string of the molecule is N#Cc1cccc(C2=Nc3ccc(CC(=O)Cc4ccccc4)cc3CC(=O)C2)c1.N#Cc1cccc(C2=Nc3ccc(N)cc3CC(=O)C2)c1.O=C=Nc1ccccc1. The molecule has 0 radical (unpaired) electrons. The summed E-state index contributed by atoms with van der Waals surface area (Å²) < 4.78 is 0. The van der Waals surface area contributed by atoms with Crippen molar-refractivity contribution in [2.45, 2.75) is 38.5 Å². The second kappa shape index (κ2) is 20.3. The molecule has 0 aromatic heterocycles. The number of anilines is 1. The molecule has 2 aliphatic rings. The molecule has 0 saturated heterocycles. The van der Waals surface area contributed by atoms with Gasteiger partial charge in [-0.15, -0.1) is 0 Å². The van der Waals surface area contributed by atoms with Crippen molar-refractivity contribution in [2.75, 3.05) is 5.73 Å². The molecule has 10 heteroatoms. The number of carbonyl (C=O) groups is 3. The van der Waals surface area contributed by atoms with Crippen LogP contribution in [0.1, 0.15) is 57.3 Å². The smallest absolute Gasteiger partial charge is 0.240 e. The molecule has 292 valence electrons. The van der Waals surface area contributed by atoms with Gasteiger partial charge in [-0.05, 0) is 94.0 Å². The van der Waals surface area contributed by atoms with Crippen LogP contribution in [0.15, 0.2) is 161 Å². The molecule has 6 aromatic rings. The van der Waals surface area contributed by atoms with Crippen LogP contribution in [-0.2, 0) is 44.9 Å². The summed E-state index contributed by atoms with van der Waals surface area (Å²) in [6.07, 6.45) is 3.31. The van der Waals surface area contributed by atoms with Crippen LogP contribution in [0.5, 0.6) is 0 Å². The van der Waals surface area contributed by atoms with Gasteiger partial charge in [0.2, 0.25) is 6.08 Å². The molecule has 2 aliphatic heterocycles. The molecular weight excluding hydrogens is 749 g/mol. The first-order valence-electron chi connectivity index (χ1n) is 19.1. The summed E-state index contributed by atoms with van der Waals surface area (Å²) in [7, 11) is 0. The number of nitrogens with zero attached hydrogens (tertiary/aromatic N) is 5. The largest absolute Gasteiger partial charge is 0.399 e. The number of isocyanates is 1. The number of hydrogen-bond acceptors (Lipinski definition) is 10. The van der Waals surface area contributed by atoms with E-state index in [1.54, 1.807) is 60.7 Å². The Bertz CT molecular complexity index is 2760. The molecule has 2 heterocycles. The van der Waals surface area contributed by atoms with Gasteiger partial charge < -0.3 is 5.73 Å². The fourth-order valence-corrected chi connectivity index (χ4v) is 6.69. The third-order valence-corrected chi connectivity index (χ3v) is 9.49. The van der Waals surface area contributed by atoms with Crippen molar-refractivity contribution in [3.8, 4) is 12.1 Å². The Morgan fingerprint density at radius 2 is 1.10 bits per heavy atom. The van der Waals surface area contributed by atoms with Crippen LogP contribution in [0, 0.1) is 22.7 Å². The normalized spacial score (nSPS) is 12.6. The van der Waals surface area contributed by atoms with E-state index in [0.717, 1.165) is 44.8 Å². The van der Waals surface area contributed by atoms with E-state index in [0.29, 0.717) is 59.6 Å². The Balaban J connectivity index is 0.000000173. The predicted molar refractivity (Wildman–Crippen MR) is 232 cm³/mol. The average molecular weight is 787 g/mol. The number of Topliss-reactive ketones (excluding diaryl/α,β-unsaturated/α-hetero) is 3. The Hall–Kier alpha value is -8.17. The van der Waals surface area contributed by atoms with Crippen LogP contribution in [0.25, 0.3) is 0 Å². The van der Waals surface area contributed by atoms with Crippen LogP contribution >= 0.6 is 0 Å². The molecule has 0 atom stereocenters. The first-order chi connectivity index (χ1) is 29.2. The molecule has 0 spiro atoms. The van der Waals surface area contributed by atoms with E-state index in [2.05, 4.69) is 22.1 Å². The monoisotopic (exact) mass is 786 g/mol. The maximum absolute atomic E-state index is 12.5. The summed E-state index contributed by atoms with van der Waals surface area (Å²) in [6.45, 7) is 0. The fraction of sp³-hybridized carbons (Fsp3) is 0.120. The topological polar surface area (TPSA) is 179 Å². The summed E-state index contributed by atoms with van der Waals surface area (Å²) in [6, 6.07) is 48.3. The van der Waals surface area contributed by atoms with Crippen LogP contribution in [0.3, 0.4) is 0 Å². The van der Waals surface area contributed by atoms with Gasteiger partial charge >= 0.3 is 0 Å². The molecule has 0 bridgehead atoms. The first-order valence-corrected chi connectivity index (χ1v) is 19.1. The number of nitrogen functional groups attached to an aromatic ring is 1. The lowest BCUT2D eigenvalue weighted by atomic mass is 9.98. The second-order valence-electron chi connectivity index (χ2n) is 14.1. The van der Waals surface area contributed by atoms with Gasteiger partial charge in [0.25, 0.3) is 0 Å².